The van der Waals surface area contributed by atoms with Crippen LogP contribution in [0.3, 0.4) is 0 Å². The van der Waals surface area contributed by atoms with Gasteiger partial charge in [-0.05, 0) is 25.0 Å². The molecule has 0 saturated carbocycles. The normalized spacial score (nSPS) is 16.3. The van der Waals surface area contributed by atoms with Crippen molar-refractivity contribution in [2.24, 2.45) is 0 Å². The van der Waals surface area contributed by atoms with Gasteiger partial charge in [-0.25, -0.2) is 17.7 Å². The number of rotatable bonds is 4. The SMILES string of the molecule is CS(=O)(=O)N1CCC(Nc2cc(C#N)c3cc([N+](=O)[O-])ccc3n2)CC1. The number of nitriles is 1. The van der Waals surface area contributed by atoms with Gasteiger partial charge in [0, 0.05) is 36.7 Å². The molecule has 10 heteroatoms. The van der Waals surface area contributed by atoms with E-state index in [2.05, 4.69) is 16.4 Å². The molecule has 9 nitrogen and oxygen atoms in total. The van der Waals surface area contributed by atoms with Gasteiger partial charge in [-0.3, -0.25) is 10.1 Å². The van der Waals surface area contributed by atoms with E-state index in [1.807, 2.05) is 0 Å². The summed E-state index contributed by atoms with van der Waals surface area (Å²) in [5.74, 6) is 0.501. The lowest BCUT2D eigenvalue weighted by Crippen LogP contribution is -2.41. The second-order valence-corrected chi connectivity index (χ2v) is 8.19. The lowest BCUT2D eigenvalue weighted by molar-refractivity contribution is -0.384. The van der Waals surface area contributed by atoms with Crippen LogP contribution in [0.4, 0.5) is 11.5 Å². The summed E-state index contributed by atoms with van der Waals surface area (Å²) in [4.78, 5) is 14.8. The summed E-state index contributed by atoms with van der Waals surface area (Å²) in [5.41, 5.74) is 0.699. The fourth-order valence-corrected chi connectivity index (χ4v) is 3.91. The third kappa shape index (κ3) is 3.74. The van der Waals surface area contributed by atoms with Crippen molar-refractivity contribution < 1.29 is 13.3 Å². The Morgan fingerprint density at radius 3 is 2.62 bits per heavy atom. The average molecular weight is 375 g/mol. The number of aromatic nitrogens is 1. The molecule has 1 aliphatic heterocycles. The third-order valence-corrected chi connectivity index (χ3v) is 5.70. The maximum atomic E-state index is 11.6. The zero-order valence-corrected chi connectivity index (χ0v) is 14.9. The highest BCUT2D eigenvalue weighted by molar-refractivity contribution is 7.88. The summed E-state index contributed by atoms with van der Waals surface area (Å²) in [6, 6.07) is 7.87. The van der Waals surface area contributed by atoms with Crippen molar-refractivity contribution >= 4 is 32.4 Å². The van der Waals surface area contributed by atoms with Crippen LogP contribution in [-0.4, -0.2) is 48.0 Å². The molecular weight excluding hydrogens is 358 g/mol. The zero-order chi connectivity index (χ0) is 18.9. The highest BCUT2D eigenvalue weighted by Crippen LogP contribution is 2.26. The highest BCUT2D eigenvalue weighted by atomic mass is 32.2. The van der Waals surface area contributed by atoms with Crippen molar-refractivity contribution in [1.29, 1.82) is 5.26 Å². The molecule has 0 spiro atoms. The summed E-state index contributed by atoms with van der Waals surface area (Å²) < 4.78 is 24.6. The number of piperidine rings is 1. The van der Waals surface area contributed by atoms with Crippen LogP contribution < -0.4 is 5.32 Å². The quantitative estimate of drug-likeness (QED) is 0.637. The molecule has 0 amide bonds. The smallest absolute Gasteiger partial charge is 0.270 e. The first-order valence-corrected chi connectivity index (χ1v) is 9.84. The number of hydrogen-bond donors (Lipinski definition) is 1. The van der Waals surface area contributed by atoms with Crippen LogP contribution in [0.5, 0.6) is 0 Å². The molecule has 1 aromatic heterocycles. The molecule has 0 atom stereocenters. The molecule has 1 aromatic carbocycles. The second kappa shape index (κ2) is 6.86. The van der Waals surface area contributed by atoms with Gasteiger partial charge < -0.3 is 5.32 Å². The van der Waals surface area contributed by atoms with E-state index in [0.29, 0.717) is 48.2 Å². The molecule has 2 aromatic rings. The number of hydrogen-bond acceptors (Lipinski definition) is 7. The monoisotopic (exact) mass is 375 g/mol. The largest absolute Gasteiger partial charge is 0.367 e. The molecule has 136 valence electrons. The maximum Gasteiger partial charge on any atom is 0.270 e. The number of nitrogens with zero attached hydrogens (tertiary/aromatic N) is 4. The third-order valence-electron chi connectivity index (χ3n) is 4.40. The number of nitro benzene ring substituents is 1. The molecule has 0 unspecified atom stereocenters. The van der Waals surface area contributed by atoms with Gasteiger partial charge in [0.2, 0.25) is 10.0 Å². The minimum Gasteiger partial charge on any atom is -0.367 e. The fourth-order valence-electron chi connectivity index (χ4n) is 3.03. The second-order valence-electron chi connectivity index (χ2n) is 6.21. The lowest BCUT2D eigenvalue weighted by atomic mass is 10.1. The van der Waals surface area contributed by atoms with E-state index in [0.717, 1.165) is 0 Å². The van der Waals surface area contributed by atoms with Crippen LogP contribution >= 0.6 is 0 Å². The molecule has 0 radical (unpaired) electrons. The Hall–Kier alpha value is -2.77. The number of nitro groups is 1. The topological polar surface area (TPSA) is 129 Å². The van der Waals surface area contributed by atoms with Crippen LogP contribution in [-0.2, 0) is 10.0 Å². The molecule has 0 bridgehead atoms. The van der Waals surface area contributed by atoms with Gasteiger partial charge in [-0.2, -0.15) is 5.26 Å². The summed E-state index contributed by atoms with van der Waals surface area (Å²) >= 11 is 0. The average Bonchev–Trinajstić information content (AvgIpc) is 2.60. The fraction of sp³-hybridized carbons (Fsp3) is 0.375. The molecule has 1 saturated heterocycles. The van der Waals surface area contributed by atoms with Crippen LogP contribution in [0, 0.1) is 21.4 Å². The van der Waals surface area contributed by atoms with Crippen molar-refractivity contribution in [3.8, 4) is 6.07 Å². The molecule has 1 fully saturated rings. The maximum absolute atomic E-state index is 11.6. The number of benzene rings is 1. The van der Waals surface area contributed by atoms with Crippen LogP contribution in [0.2, 0.25) is 0 Å². The molecule has 0 aliphatic carbocycles. The molecular formula is C16H17N5O4S. The highest BCUT2D eigenvalue weighted by Gasteiger charge is 2.25. The first-order valence-electron chi connectivity index (χ1n) is 7.99. The Morgan fingerprint density at radius 2 is 2.04 bits per heavy atom. The Balaban J connectivity index is 1.82. The number of non-ortho nitro benzene ring substituents is 1. The van der Waals surface area contributed by atoms with Crippen molar-refractivity contribution in [2.45, 2.75) is 18.9 Å². The van der Waals surface area contributed by atoms with E-state index >= 15 is 0 Å². The number of anilines is 1. The summed E-state index contributed by atoms with van der Waals surface area (Å²) in [6.45, 7) is 0.864. The number of pyridine rings is 1. The van der Waals surface area contributed by atoms with E-state index in [1.165, 1.54) is 28.8 Å². The molecule has 1 aliphatic rings. The molecule has 26 heavy (non-hydrogen) atoms. The first kappa shape index (κ1) is 18.0. The molecule has 2 heterocycles. The minimum absolute atomic E-state index is 0.0440. The van der Waals surface area contributed by atoms with Gasteiger partial charge in [-0.1, -0.05) is 0 Å². The van der Waals surface area contributed by atoms with Gasteiger partial charge in [0.05, 0.1) is 28.3 Å². The van der Waals surface area contributed by atoms with E-state index in [9.17, 15) is 23.8 Å². The first-order chi connectivity index (χ1) is 12.3. The van der Waals surface area contributed by atoms with E-state index in [4.69, 9.17) is 0 Å². The summed E-state index contributed by atoms with van der Waals surface area (Å²) in [7, 11) is -3.18. The number of fused-ring (bicyclic) bond motifs is 1. The minimum atomic E-state index is -3.18. The van der Waals surface area contributed by atoms with Crippen molar-refractivity contribution in [1.82, 2.24) is 9.29 Å². The zero-order valence-electron chi connectivity index (χ0n) is 14.0. The summed E-state index contributed by atoms with van der Waals surface area (Å²) in [5, 5.41) is 24.0. The van der Waals surface area contributed by atoms with Gasteiger partial charge in [-0.15, -0.1) is 0 Å². The molecule has 1 N–H and O–H groups in total. The standard InChI is InChI=1S/C16H17N5O4S/c1-26(24,25)20-6-4-12(5-7-20)18-16-8-11(10-17)14-9-13(21(22)23)2-3-15(14)19-16/h2-3,8-9,12H,4-7H2,1H3,(H,18,19). The van der Waals surface area contributed by atoms with Crippen LogP contribution in [0.25, 0.3) is 10.9 Å². The van der Waals surface area contributed by atoms with Crippen LogP contribution in [0.15, 0.2) is 24.3 Å². The number of nitrogens with one attached hydrogen (secondary N) is 1. The van der Waals surface area contributed by atoms with Crippen molar-refractivity contribution in [3.05, 3.63) is 39.9 Å². The number of sulfonamides is 1. The van der Waals surface area contributed by atoms with Crippen molar-refractivity contribution in [3.63, 3.8) is 0 Å². The van der Waals surface area contributed by atoms with Gasteiger partial charge in [0.15, 0.2) is 0 Å². The van der Waals surface area contributed by atoms with Gasteiger partial charge >= 0.3 is 0 Å². The van der Waals surface area contributed by atoms with Crippen LogP contribution in [0.1, 0.15) is 18.4 Å². The Morgan fingerprint density at radius 1 is 1.35 bits per heavy atom. The van der Waals surface area contributed by atoms with E-state index in [1.54, 1.807) is 6.07 Å². The Bertz CT molecular complexity index is 1010. The van der Waals surface area contributed by atoms with E-state index in [-0.39, 0.29) is 11.7 Å². The van der Waals surface area contributed by atoms with Gasteiger partial charge in [0.25, 0.3) is 5.69 Å². The predicted molar refractivity (Wildman–Crippen MR) is 96.2 cm³/mol. The summed E-state index contributed by atoms with van der Waals surface area (Å²) in [6.07, 6.45) is 2.47. The van der Waals surface area contributed by atoms with E-state index < -0.39 is 14.9 Å². The Kier molecular flexibility index (Phi) is 4.76. The van der Waals surface area contributed by atoms with Gasteiger partial charge in [0.1, 0.15) is 5.82 Å². The molecule has 3 rings (SSSR count). The Labute approximate surface area is 150 Å². The van der Waals surface area contributed by atoms with Crippen molar-refractivity contribution in [2.75, 3.05) is 24.7 Å². The lowest BCUT2D eigenvalue weighted by Gasteiger charge is -2.31. The predicted octanol–water partition coefficient (Wildman–Crippen LogP) is 1.85.